The highest BCUT2D eigenvalue weighted by atomic mass is 16.3. The van der Waals surface area contributed by atoms with Crippen molar-refractivity contribution in [2.45, 2.75) is 27.7 Å². The molecule has 0 atom stereocenters. The zero-order valence-corrected chi connectivity index (χ0v) is 19.1. The second kappa shape index (κ2) is 7.35. The zero-order chi connectivity index (χ0) is 22.6. The molecule has 3 aromatic carbocycles. The second-order valence-electron chi connectivity index (χ2n) is 8.62. The van der Waals surface area contributed by atoms with Crippen molar-refractivity contribution >= 4 is 27.6 Å². The second-order valence-corrected chi connectivity index (χ2v) is 8.62. The van der Waals surface area contributed by atoms with Crippen molar-refractivity contribution in [1.29, 1.82) is 0 Å². The number of rotatable bonds is 2. The first-order chi connectivity index (χ1) is 15.4. The van der Waals surface area contributed by atoms with Crippen molar-refractivity contribution < 1.29 is 8.98 Å². The van der Waals surface area contributed by atoms with Crippen LogP contribution in [-0.2, 0) is 7.05 Å². The summed E-state index contributed by atoms with van der Waals surface area (Å²) in [7, 11) is 2.10. The molecule has 2 heterocycles. The molecular weight excluding hydrogens is 392 g/mol. The Morgan fingerprint density at radius 1 is 0.812 bits per heavy atom. The number of furan rings is 1. The quantitative estimate of drug-likeness (QED) is 0.215. The molecular formula is C29H25N2O+. The van der Waals surface area contributed by atoms with Crippen molar-refractivity contribution in [1.82, 2.24) is 0 Å². The van der Waals surface area contributed by atoms with Crippen molar-refractivity contribution in [2.75, 3.05) is 0 Å². The predicted octanol–water partition coefficient (Wildman–Crippen LogP) is 7.53. The van der Waals surface area contributed by atoms with Gasteiger partial charge in [0.15, 0.2) is 11.4 Å². The molecule has 0 fully saturated rings. The van der Waals surface area contributed by atoms with Gasteiger partial charge < -0.3 is 4.42 Å². The Morgan fingerprint density at radius 2 is 1.56 bits per heavy atom. The molecule has 5 rings (SSSR count). The van der Waals surface area contributed by atoms with Crippen molar-refractivity contribution in [3.63, 3.8) is 0 Å². The minimum absolute atomic E-state index is 0.607. The first-order valence-electron chi connectivity index (χ1n) is 10.8. The summed E-state index contributed by atoms with van der Waals surface area (Å²) in [6, 6.07) is 20.7. The molecule has 0 radical (unpaired) electrons. The van der Waals surface area contributed by atoms with Gasteiger partial charge in [-0.3, -0.25) is 0 Å². The molecule has 0 bridgehead atoms. The third-order valence-electron chi connectivity index (χ3n) is 6.42. The Kier molecular flexibility index (Phi) is 4.60. The SMILES string of the molecule is [C-]#[N+]c1ccc2c(oc3c(-c4cc(C)cc(C)[n+]4C)c(C)cc(C)c32)c1-c1ccccc1. The number of pyridine rings is 1. The fraction of sp³-hybridized carbons (Fsp3) is 0.172. The van der Waals surface area contributed by atoms with Crippen LogP contribution >= 0.6 is 0 Å². The van der Waals surface area contributed by atoms with Gasteiger partial charge in [0.05, 0.1) is 12.1 Å². The van der Waals surface area contributed by atoms with Gasteiger partial charge >= 0.3 is 0 Å². The molecule has 0 N–H and O–H groups in total. The van der Waals surface area contributed by atoms with Gasteiger partial charge in [0, 0.05) is 35.4 Å². The Hall–Kier alpha value is -3.90. The molecule has 0 aliphatic heterocycles. The first-order valence-corrected chi connectivity index (χ1v) is 10.8. The van der Waals surface area contributed by atoms with E-state index in [-0.39, 0.29) is 0 Å². The maximum atomic E-state index is 7.75. The highest BCUT2D eigenvalue weighted by Crippen LogP contribution is 2.45. The predicted molar refractivity (Wildman–Crippen MR) is 131 cm³/mol. The van der Waals surface area contributed by atoms with E-state index < -0.39 is 0 Å². The Labute approximate surface area is 188 Å². The third-order valence-corrected chi connectivity index (χ3v) is 6.42. The molecule has 0 amide bonds. The smallest absolute Gasteiger partial charge is 0.216 e. The maximum Gasteiger partial charge on any atom is 0.216 e. The van der Waals surface area contributed by atoms with Crippen LogP contribution in [0, 0.1) is 34.3 Å². The Morgan fingerprint density at radius 3 is 2.28 bits per heavy atom. The lowest BCUT2D eigenvalue weighted by molar-refractivity contribution is -0.666. The molecule has 32 heavy (non-hydrogen) atoms. The zero-order valence-electron chi connectivity index (χ0n) is 19.1. The van der Waals surface area contributed by atoms with E-state index >= 15 is 0 Å². The van der Waals surface area contributed by atoms with Crippen LogP contribution in [0.1, 0.15) is 22.4 Å². The first kappa shape index (κ1) is 20.0. The summed E-state index contributed by atoms with van der Waals surface area (Å²) in [5.41, 5.74) is 11.2. The highest BCUT2D eigenvalue weighted by Gasteiger charge is 2.25. The summed E-state index contributed by atoms with van der Waals surface area (Å²) < 4.78 is 8.93. The van der Waals surface area contributed by atoms with Crippen LogP contribution < -0.4 is 4.57 Å². The van der Waals surface area contributed by atoms with Crippen molar-refractivity contribution in [3.8, 4) is 22.4 Å². The molecule has 3 heteroatoms. The van der Waals surface area contributed by atoms with Gasteiger partial charge in [-0.1, -0.05) is 48.5 Å². The van der Waals surface area contributed by atoms with Crippen LogP contribution in [0.2, 0.25) is 0 Å². The van der Waals surface area contributed by atoms with Gasteiger partial charge in [0.25, 0.3) is 0 Å². The topological polar surface area (TPSA) is 21.4 Å². The standard InChI is InChI=1S/C29H25N2O/c1-17-14-20(4)31(6)24(15-17)26-19(3)16-18(2)25-22-12-13-23(30-5)27(28(22)32-29(25)26)21-10-8-7-9-11-21/h7-16H,1-4,6H3/q+1. The summed E-state index contributed by atoms with van der Waals surface area (Å²) in [6.45, 7) is 16.3. The molecule has 156 valence electrons. The highest BCUT2D eigenvalue weighted by molar-refractivity contribution is 6.16. The van der Waals surface area contributed by atoms with E-state index in [2.05, 4.69) is 62.4 Å². The maximum absolute atomic E-state index is 7.75. The van der Waals surface area contributed by atoms with E-state index in [0.717, 1.165) is 44.3 Å². The number of nitrogens with zero attached hydrogens (tertiary/aromatic N) is 2. The number of hydrogen-bond acceptors (Lipinski definition) is 1. The Bertz CT molecular complexity index is 1570. The third kappa shape index (κ3) is 2.92. The molecule has 2 aromatic heterocycles. The van der Waals surface area contributed by atoms with Gasteiger partial charge in [-0.15, -0.1) is 0 Å². The average Bonchev–Trinajstić information content (AvgIpc) is 3.16. The fourth-order valence-electron chi connectivity index (χ4n) is 4.87. The largest absolute Gasteiger partial charge is 0.456 e. The van der Waals surface area contributed by atoms with Gasteiger partial charge in [-0.05, 0) is 43.0 Å². The summed E-state index contributed by atoms with van der Waals surface area (Å²) in [4.78, 5) is 3.81. The van der Waals surface area contributed by atoms with Crippen LogP contribution in [0.15, 0.2) is 65.1 Å². The van der Waals surface area contributed by atoms with Crippen molar-refractivity contribution in [2.24, 2.45) is 7.05 Å². The summed E-state index contributed by atoms with van der Waals surface area (Å²) in [6.07, 6.45) is 0. The van der Waals surface area contributed by atoms with Gasteiger partial charge in [0.1, 0.15) is 18.2 Å². The summed E-state index contributed by atoms with van der Waals surface area (Å²) in [5.74, 6) is 0. The molecule has 0 aliphatic carbocycles. The summed E-state index contributed by atoms with van der Waals surface area (Å²) in [5, 5.41) is 2.17. The van der Waals surface area contributed by atoms with Crippen LogP contribution in [-0.4, -0.2) is 0 Å². The molecule has 0 unspecified atom stereocenters. The van der Waals surface area contributed by atoms with Crippen LogP contribution in [0.25, 0.3) is 49.2 Å². The summed E-state index contributed by atoms with van der Waals surface area (Å²) >= 11 is 0. The molecule has 0 saturated heterocycles. The molecule has 0 saturated carbocycles. The van der Waals surface area contributed by atoms with Gasteiger partial charge in [-0.25, -0.2) is 4.85 Å². The number of aromatic nitrogens is 1. The molecule has 0 spiro atoms. The fourth-order valence-corrected chi connectivity index (χ4v) is 4.87. The minimum Gasteiger partial charge on any atom is -0.456 e. The average molecular weight is 418 g/mol. The lowest BCUT2D eigenvalue weighted by Gasteiger charge is -2.09. The van der Waals surface area contributed by atoms with E-state index in [1.165, 1.54) is 22.4 Å². The number of fused-ring (bicyclic) bond motifs is 3. The van der Waals surface area contributed by atoms with E-state index in [0.29, 0.717) is 5.69 Å². The lowest BCUT2D eigenvalue weighted by Crippen LogP contribution is -2.35. The lowest BCUT2D eigenvalue weighted by atomic mass is 9.95. The van der Waals surface area contributed by atoms with E-state index in [1.807, 2.05) is 42.5 Å². The Balaban J connectivity index is 1.98. The van der Waals surface area contributed by atoms with Crippen LogP contribution in [0.4, 0.5) is 5.69 Å². The molecule has 5 aromatic rings. The van der Waals surface area contributed by atoms with E-state index in [1.54, 1.807) is 0 Å². The minimum atomic E-state index is 0.607. The number of hydrogen-bond donors (Lipinski definition) is 0. The number of benzene rings is 3. The van der Waals surface area contributed by atoms with E-state index in [4.69, 9.17) is 11.0 Å². The normalized spacial score (nSPS) is 11.2. The van der Waals surface area contributed by atoms with E-state index in [9.17, 15) is 0 Å². The van der Waals surface area contributed by atoms with Gasteiger partial charge in [0.2, 0.25) is 5.69 Å². The van der Waals surface area contributed by atoms with Crippen molar-refractivity contribution in [3.05, 3.63) is 94.5 Å². The van der Waals surface area contributed by atoms with Crippen LogP contribution in [0.5, 0.6) is 0 Å². The van der Waals surface area contributed by atoms with Crippen LogP contribution in [0.3, 0.4) is 0 Å². The van der Waals surface area contributed by atoms with Gasteiger partial charge in [-0.2, -0.15) is 4.57 Å². The molecule has 0 aliphatic rings. The number of aryl methyl sites for hydroxylation is 4. The monoisotopic (exact) mass is 417 g/mol. The molecule has 3 nitrogen and oxygen atoms in total.